The predicted octanol–water partition coefficient (Wildman–Crippen LogP) is 3.33. The largest absolute Gasteiger partial charge is 0.495 e. The Balaban J connectivity index is 2.07. The number of benzene rings is 1. The maximum absolute atomic E-state index is 11.8. The molecule has 2 rings (SSSR count). The Morgan fingerprint density at radius 1 is 1.44 bits per heavy atom. The number of hydrogen-bond donors (Lipinski definition) is 2. The number of nitrogens with one attached hydrogen (secondary N) is 2. The maximum Gasteiger partial charge on any atom is 0.319 e. The summed E-state index contributed by atoms with van der Waals surface area (Å²) >= 11 is 6.01. The third-order valence-corrected chi connectivity index (χ3v) is 3.58. The van der Waals surface area contributed by atoms with Gasteiger partial charge in [0.2, 0.25) is 0 Å². The molecule has 0 aliphatic heterocycles. The van der Waals surface area contributed by atoms with Crippen molar-refractivity contribution in [3.63, 3.8) is 0 Å². The molecule has 2 N–H and O–H groups in total. The first-order valence-electron chi connectivity index (χ1n) is 6.02. The summed E-state index contributed by atoms with van der Waals surface area (Å²) in [5.74, 6) is 0.564. The van der Waals surface area contributed by atoms with E-state index in [0.29, 0.717) is 22.5 Å². The minimum Gasteiger partial charge on any atom is -0.495 e. The Hall–Kier alpha value is -1.42. The smallest absolute Gasteiger partial charge is 0.319 e. The van der Waals surface area contributed by atoms with Gasteiger partial charge in [0.15, 0.2) is 0 Å². The van der Waals surface area contributed by atoms with Gasteiger partial charge in [0.25, 0.3) is 0 Å². The molecule has 2 amide bonds. The van der Waals surface area contributed by atoms with Crippen molar-refractivity contribution >= 4 is 23.3 Å². The van der Waals surface area contributed by atoms with Gasteiger partial charge in [-0.2, -0.15) is 0 Å². The Morgan fingerprint density at radius 2 is 2.17 bits per heavy atom. The zero-order valence-electron chi connectivity index (χ0n) is 10.5. The number of rotatable bonds is 3. The summed E-state index contributed by atoms with van der Waals surface area (Å²) in [6, 6.07) is 3.63. The molecule has 0 atom stereocenters. The minimum atomic E-state index is -0.195. The number of methoxy groups -OCH3 is 1. The summed E-state index contributed by atoms with van der Waals surface area (Å²) < 4.78 is 5.20. The first-order chi connectivity index (χ1) is 8.60. The molecule has 4 nitrogen and oxygen atoms in total. The third-order valence-electron chi connectivity index (χ3n) is 3.17. The highest BCUT2D eigenvalue weighted by molar-refractivity contribution is 6.31. The van der Waals surface area contributed by atoms with Crippen molar-refractivity contribution in [2.24, 2.45) is 0 Å². The fraction of sp³-hybridized carbons (Fsp3) is 0.462. The highest BCUT2D eigenvalue weighted by Crippen LogP contribution is 2.31. The first-order valence-corrected chi connectivity index (χ1v) is 6.39. The topological polar surface area (TPSA) is 50.4 Å². The molecule has 18 heavy (non-hydrogen) atoms. The fourth-order valence-corrected chi connectivity index (χ4v) is 1.98. The van der Waals surface area contributed by atoms with Gasteiger partial charge in [0.05, 0.1) is 12.8 Å². The Labute approximate surface area is 112 Å². The fourth-order valence-electron chi connectivity index (χ4n) is 1.83. The summed E-state index contributed by atoms with van der Waals surface area (Å²) in [5, 5.41) is 6.33. The van der Waals surface area contributed by atoms with Gasteiger partial charge >= 0.3 is 6.03 Å². The van der Waals surface area contributed by atoms with Crippen LogP contribution in [0.15, 0.2) is 12.1 Å². The molecule has 0 spiro atoms. The zero-order chi connectivity index (χ0) is 13.1. The number of carbonyl (C=O) groups is 1. The van der Waals surface area contributed by atoms with Crippen LogP contribution in [0.1, 0.15) is 24.8 Å². The molecular weight excluding hydrogens is 252 g/mol. The van der Waals surface area contributed by atoms with Crippen LogP contribution in [0.5, 0.6) is 5.75 Å². The van der Waals surface area contributed by atoms with Crippen LogP contribution in [-0.2, 0) is 0 Å². The lowest BCUT2D eigenvalue weighted by Gasteiger charge is -2.26. The molecule has 1 saturated carbocycles. The average Bonchev–Trinajstić information content (AvgIpc) is 2.28. The second kappa shape index (κ2) is 5.48. The molecule has 1 aliphatic rings. The van der Waals surface area contributed by atoms with E-state index >= 15 is 0 Å². The highest BCUT2D eigenvalue weighted by Gasteiger charge is 2.20. The Kier molecular flexibility index (Phi) is 3.97. The summed E-state index contributed by atoms with van der Waals surface area (Å²) in [6.07, 6.45) is 3.31. The van der Waals surface area contributed by atoms with Crippen LogP contribution < -0.4 is 15.4 Å². The van der Waals surface area contributed by atoms with E-state index in [9.17, 15) is 4.79 Å². The molecule has 5 heteroatoms. The standard InChI is InChI=1S/C13H17ClN2O2/c1-8-6-11(12(18-2)7-10(8)14)16-13(17)15-9-4-3-5-9/h6-7,9H,3-5H2,1-2H3,(H2,15,16,17). The van der Waals surface area contributed by atoms with Crippen LogP contribution >= 0.6 is 11.6 Å². The number of aryl methyl sites for hydroxylation is 1. The van der Waals surface area contributed by atoms with Crippen molar-refractivity contribution in [2.45, 2.75) is 32.2 Å². The number of amides is 2. The number of hydrogen-bond acceptors (Lipinski definition) is 2. The lowest BCUT2D eigenvalue weighted by atomic mass is 9.93. The van der Waals surface area contributed by atoms with E-state index in [1.54, 1.807) is 13.2 Å². The van der Waals surface area contributed by atoms with E-state index in [1.807, 2.05) is 13.0 Å². The van der Waals surface area contributed by atoms with Crippen molar-refractivity contribution in [1.82, 2.24) is 5.32 Å². The number of ether oxygens (including phenoxy) is 1. The predicted molar refractivity (Wildman–Crippen MR) is 72.5 cm³/mol. The lowest BCUT2D eigenvalue weighted by Crippen LogP contribution is -2.41. The van der Waals surface area contributed by atoms with Crippen LogP contribution in [0, 0.1) is 6.92 Å². The number of anilines is 1. The molecule has 1 fully saturated rings. The van der Waals surface area contributed by atoms with Gasteiger partial charge in [-0.1, -0.05) is 11.6 Å². The van der Waals surface area contributed by atoms with Crippen LogP contribution in [0.4, 0.5) is 10.5 Å². The summed E-state index contributed by atoms with van der Waals surface area (Å²) in [6.45, 7) is 1.89. The van der Waals surface area contributed by atoms with E-state index in [2.05, 4.69) is 10.6 Å². The molecule has 0 bridgehead atoms. The third kappa shape index (κ3) is 2.88. The average molecular weight is 269 g/mol. The van der Waals surface area contributed by atoms with Gasteiger partial charge in [-0.3, -0.25) is 0 Å². The van der Waals surface area contributed by atoms with Crippen molar-refractivity contribution < 1.29 is 9.53 Å². The molecule has 0 radical (unpaired) electrons. The molecule has 1 aliphatic carbocycles. The van der Waals surface area contributed by atoms with Crippen LogP contribution in [0.3, 0.4) is 0 Å². The molecular formula is C13H17ClN2O2. The van der Waals surface area contributed by atoms with Crippen molar-refractivity contribution in [3.05, 3.63) is 22.7 Å². The minimum absolute atomic E-state index is 0.195. The Bertz CT molecular complexity index is 459. The van der Waals surface area contributed by atoms with Gasteiger partial charge < -0.3 is 15.4 Å². The molecule has 0 unspecified atom stereocenters. The second-order valence-electron chi connectivity index (χ2n) is 4.53. The number of halogens is 1. The number of carbonyl (C=O) groups excluding carboxylic acids is 1. The Morgan fingerprint density at radius 3 is 2.72 bits per heavy atom. The van der Waals surface area contributed by atoms with Gasteiger partial charge in [-0.05, 0) is 37.8 Å². The highest BCUT2D eigenvalue weighted by atomic mass is 35.5. The molecule has 0 saturated heterocycles. The summed E-state index contributed by atoms with van der Waals surface area (Å²) in [5.41, 5.74) is 1.53. The van der Waals surface area contributed by atoms with E-state index in [-0.39, 0.29) is 6.03 Å². The molecule has 1 aromatic carbocycles. The van der Waals surface area contributed by atoms with Crippen molar-refractivity contribution in [1.29, 1.82) is 0 Å². The van der Waals surface area contributed by atoms with Gasteiger partial charge in [-0.25, -0.2) is 4.79 Å². The summed E-state index contributed by atoms with van der Waals surface area (Å²) in [4.78, 5) is 11.8. The van der Waals surface area contributed by atoms with Crippen molar-refractivity contribution in [3.8, 4) is 5.75 Å². The van der Waals surface area contributed by atoms with Gasteiger partial charge in [-0.15, -0.1) is 0 Å². The molecule has 1 aromatic rings. The van der Waals surface area contributed by atoms with Gasteiger partial charge in [0, 0.05) is 17.1 Å². The normalized spacial score (nSPS) is 14.8. The lowest BCUT2D eigenvalue weighted by molar-refractivity contribution is 0.240. The van der Waals surface area contributed by atoms with E-state index < -0.39 is 0 Å². The summed E-state index contributed by atoms with van der Waals surface area (Å²) in [7, 11) is 1.55. The first kappa shape index (κ1) is 13.0. The molecule has 0 aromatic heterocycles. The van der Waals surface area contributed by atoms with Crippen molar-refractivity contribution in [2.75, 3.05) is 12.4 Å². The SMILES string of the molecule is COc1cc(Cl)c(C)cc1NC(=O)NC1CCC1. The van der Waals surface area contributed by atoms with E-state index in [1.165, 1.54) is 6.42 Å². The second-order valence-corrected chi connectivity index (χ2v) is 4.94. The van der Waals surface area contributed by atoms with Crippen LogP contribution in [0.25, 0.3) is 0 Å². The number of urea groups is 1. The van der Waals surface area contributed by atoms with Crippen LogP contribution in [-0.4, -0.2) is 19.2 Å². The zero-order valence-corrected chi connectivity index (χ0v) is 11.3. The maximum atomic E-state index is 11.8. The van der Waals surface area contributed by atoms with Gasteiger partial charge in [0.1, 0.15) is 5.75 Å². The monoisotopic (exact) mass is 268 g/mol. The van der Waals surface area contributed by atoms with E-state index in [4.69, 9.17) is 16.3 Å². The van der Waals surface area contributed by atoms with E-state index in [0.717, 1.165) is 18.4 Å². The molecule has 0 heterocycles. The molecule has 98 valence electrons. The quantitative estimate of drug-likeness (QED) is 0.883. The van der Waals surface area contributed by atoms with Crippen LogP contribution in [0.2, 0.25) is 5.02 Å².